The predicted octanol–water partition coefficient (Wildman–Crippen LogP) is 4.85. The van der Waals surface area contributed by atoms with Crippen molar-refractivity contribution in [2.24, 2.45) is 0 Å². The van der Waals surface area contributed by atoms with Crippen LogP contribution in [-0.4, -0.2) is 19.2 Å². The third kappa shape index (κ3) is 3.16. The molecule has 0 atom stereocenters. The van der Waals surface area contributed by atoms with Crippen molar-refractivity contribution in [2.45, 2.75) is 30.9 Å². The van der Waals surface area contributed by atoms with Gasteiger partial charge in [-0.3, -0.25) is 0 Å². The number of hydrogen-bond acceptors (Lipinski definition) is 4. The van der Waals surface area contributed by atoms with E-state index in [1.165, 1.54) is 11.3 Å². The Labute approximate surface area is 140 Å². The molecule has 0 saturated carbocycles. The van der Waals surface area contributed by atoms with E-state index in [9.17, 15) is 8.42 Å². The van der Waals surface area contributed by atoms with Crippen molar-refractivity contribution in [3.63, 3.8) is 0 Å². The molecule has 0 aliphatic rings. The maximum absolute atomic E-state index is 12.8. The second-order valence-electron chi connectivity index (χ2n) is 5.66. The number of unbranched alkanes of at least 4 members (excludes halogenated alkanes) is 1. The monoisotopic (exact) mass is 345 g/mol. The Balaban J connectivity index is 2.25. The molecule has 0 amide bonds. The van der Waals surface area contributed by atoms with Crippen molar-refractivity contribution in [3.05, 3.63) is 48.2 Å². The molecule has 2 aromatic heterocycles. The average Bonchev–Trinajstić information content (AvgIpc) is 2.94. The molecule has 120 valence electrons. The fraction of sp³-hybridized carbons (Fsp3) is 0.278. The van der Waals surface area contributed by atoms with Gasteiger partial charge in [0, 0.05) is 17.1 Å². The van der Waals surface area contributed by atoms with Gasteiger partial charge in [0.15, 0.2) is 9.84 Å². The van der Waals surface area contributed by atoms with E-state index in [1.807, 2.05) is 50.2 Å². The van der Waals surface area contributed by atoms with Crippen LogP contribution in [0, 0.1) is 6.92 Å². The second kappa shape index (κ2) is 6.42. The smallest absolute Gasteiger partial charge is 0.188 e. The van der Waals surface area contributed by atoms with Crippen LogP contribution < -0.4 is 0 Å². The number of fused-ring (bicyclic) bond motifs is 1. The molecule has 0 radical (unpaired) electrons. The highest BCUT2D eigenvalue weighted by atomic mass is 32.2. The van der Waals surface area contributed by atoms with E-state index in [2.05, 4.69) is 4.98 Å². The summed E-state index contributed by atoms with van der Waals surface area (Å²) in [6.07, 6.45) is 3.25. The zero-order valence-electron chi connectivity index (χ0n) is 13.2. The molecular weight excluding hydrogens is 326 g/mol. The number of pyridine rings is 1. The summed E-state index contributed by atoms with van der Waals surface area (Å²) in [5.41, 5.74) is 2.89. The quantitative estimate of drug-likeness (QED) is 0.664. The summed E-state index contributed by atoms with van der Waals surface area (Å²) in [6, 6.07) is 11.8. The van der Waals surface area contributed by atoms with Crippen LogP contribution in [0.15, 0.2) is 46.8 Å². The van der Waals surface area contributed by atoms with Crippen molar-refractivity contribution < 1.29 is 8.42 Å². The van der Waals surface area contributed by atoms with Gasteiger partial charge in [-0.15, -0.1) is 11.3 Å². The zero-order valence-corrected chi connectivity index (χ0v) is 14.9. The lowest BCUT2D eigenvalue weighted by molar-refractivity contribution is 0.595. The lowest BCUT2D eigenvalue weighted by atomic mass is 10.0. The highest BCUT2D eigenvalue weighted by molar-refractivity contribution is 7.93. The van der Waals surface area contributed by atoms with E-state index in [1.54, 1.807) is 6.20 Å². The normalized spacial score (nSPS) is 11.9. The van der Waals surface area contributed by atoms with Gasteiger partial charge < -0.3 is 0 Å². The van der Waals surface area contributed by atoms with E-state index in [-0.39, 0.29) is 5.75 Å². The molecule has 0 aliphatic carbocycles. The minimum Gasteiger partial charge on any atom is -0.245 e. The van der Waals surface area contributed by atoms with Crippen LogP contribution >= 0.6 is 11.3 Å². The van der Waals surface area contributed by atoms with E-state index >= 15 is 0 Å². The molecule has 0 unspecified atom stereocenters. The first-order chi connectivity index (χ1) is 11.0. The molecule has 0 aliphatic heterocycles. The summed E-state index contributed by atoms with van der Waals surface area (Å²) in [7, 11) is -3.29. The summed E-state index contributed by atoms with van der Waals surface area (Å²) in [5.74, 6) is 0.190. The highest BCUT2D eigenvalue weighted by Crippen LogP contribution is 2.41. The Morgan fingerprint density at radius 3 is 2.57 bits per heavy atom. The van der Waals surface area contributed by atoms with Crippen LogP contribution in [0.1, 0.15) is 25.3 Å². The van der Waals surface area contributed by atoms with Gasteiger partial charge in [-0.05, 0) is 31.0 Å². The second-order valence-corrected chi connectivity index (χ2v) is 8.96. The van der Waals surface area contributed by atoms with Gasteiger partial charge in [-0.1, -0.05) is 43.2 Å². The predicted molar refractivity (Wildman–Crippen MR) is 96.8 cm³/mol. The van der Waals surface area contributed by atoms with Crippen LogP contribution in [0.3, 0.4) is 0 Å². The Morgan fingerprint density at radius 2 is 1.87 bits per heavy atom. The summed E-state index contributed by atoms with van der Waals surface area (Å²) in [6.45, 7) is 4.03. The van der Waals surface area contributed by atoms with Crippen molar-refractivity contribution in [1.82, 2.24) is 4.98 Å². The van der Waals surface area contributed by atoms with Gasteiger partial charge in [0.2, 0.25) is 0 Å². The number of aromatic nitrogens is 1. The first-order valence-electron chi connectivity index (χ1n) is 7.70. The SMILES string of the molecule is CCCCS(=O)(=O)c1sc2ncccc2c1-c1ccc(C)cc1. The minimum absolute atomic E-state index is 0.190. The Hall–Kier alpha value is -1.72. The average molecular weight is 345 g/mol. The van der Waals surface area contributed by atoms with Gasteiger partial charge in [-0.2, -0.15) is 0 Å². The maximum atomic E-state index is 12.8. The standard InChI is InChI=1S/C18H19NO2S2/c1-3-4-12-23(20,21)18-16(14-9-7-13(2)8-10-14)15-6-5-11-19-17(15)22-18/h5-11H,3-4,12H2,1-2H3. The lowest BCUT2D eigenvalue weighted by Crippen LogP contribution is -2.05. The summed E-state index contributed by atoms with van der Waals surface area (Å²) in [4.78, 5) is 5.13. The van der Waals surface area contributed by atoms with Crippen molar-refractivity contribution in [2.75, 3.05) is 5.75 Å². The van der Waals surface area contributed by atoms with Crippen molar-refractivity contribution >= 4 is 31.4 Å². The lowest BCUT2D eigenvalue weighted by Gasteiger charge is -2.07. The fourth-order valence-electron chi connectivity index (χ4n) is 2.55. The number of nitrogens with zero attached hydrogens (tertiary/aromatic N) is 1. The minimum atomic E-state index is -3.29. The number of sulfone groups is 1. The van der Waals surface area contributed by atoms with E-state index in [0.29, 0.717) is 10.6 Å². The molecule has 5 heteroatoms. The van der Waals surface area contributed by atoms with Crippen LogP contribution in [0.4, 0.5) is 0 Å². The largest absolute Gasteiger partial charge is 0.245 e. The Bertz CT molecular complexity index is 925. The molecule has 3 nitrogen and oxygen atoms in total. The van der Waals surface area contributed by atoms with E-state index < -0.39 is 9.84 Å². The molecule has 3 rings (SSSR count). The molecule has 3 aromatic rings. The topological polar surface area (TPSA) is 47.0 Å². The molecule has 0 N–H and O–H groups in total. The van der Waals surface area contributed by atoms with E-state index in [4.69, 9.17) is 0 Å². The van der Waals surface area contributed by atoms with Crippen LogP contribution in [0.25, 0.3) is 21.3 Å². The Kier molecular flexibility index (Phi) is 4.50. The van der Waals surface area contributed by atoms with Crippen molar-refractivity contribution in [3.8, 4) is 11.1 Å². The van der Waals surface area contributed by atoms with Gasteiger partial charge in [0.05, 0.1) is 5.75 Å². The van der Waals surface area contributed by atoms with Crippen LogP contribution in [-0.2, 0) is 9.84 Å². The van der Waals surface area contributed by atoms with Crippen LogP contribution in [0.5, 0.6) is 0 Å². The molecule has 23 heavy (non-hydrogen) atoms. The van der Waals surface area contributed by atoms with Gasteiger partial charge in [0.25, 0.3) is 0 Å². The molecule has 0 spiro atoms. The molecule has 0 bridgehead atoms. The van der Waals surface area contributed by atoms with Gasteiger partial charge >= 0.3 is 0 Å². The van der Waals surface area contributed by atoms with E-state index in [0.717, 1.165) is 33.3 Å². The fourth-order valence-corrected chi connectivity index (χ4v) is 5.84. The first kappa shape index (κ1) is 16.1. The number of thiophene rings is 1. The summed E-state index contributed by atoms with van der Waals surface area (Å²) >= 11 is 1.28. The maximum Gasteiger partial charge on any atom is 0.188 e. The third-order valence-corrected chi connectivity index (χ3v) is 7.34. The zero-order chi connectivity index (χ0) is 16.4. The molecule has 2 heterocycles. The molecular formula is C18H19NO2S2. The molecule has 1 aromatic carbocycles. The molecule has 0 fully saturated rings. The third-order valence-electron chi connectivity index (χ3n) is 3.82. The summed E-state index contributed by atoms with van der Waals surface area (Å²) in [5, 5.41) is 0.913. The number of aryl methyl sites for hydroxylation is 1. The number of rotatable bonds is 5. The van der Waals surface area contributed by atoms with Crippen LogP contribution in [0.2, 0.25) is 0 Å². The first-order valence-corrected chi connectivity index (χ1v) is 10.2. The van der Waals surface area contributed by atoms with Crippen molar-refractivity contribution in [1.29, 1.82) is 0 Å². The highest BCUT2D eigenvalue weighted by Gasteiger charge is 2.24. The van der Waals surface area contributed by atoms with Gasteiger partial charge in [0.1, 0.15) is 9.04 Å². The van der Waals surface area contributed by atoms with Gasteiger partial charge in [-0.25, -0.2) is 13.4 Å². The number of benzene rings is 1. The summed E-state index contributed by atoms with van der Waals surface area (Å²) < 4.78 is 26.1. The number of hydrogen-bond donors (Lipinski definition) is 0. The molecule has 0 saturated heterocycles. The Morgan fingerprint density at radius 1 is 1.13 bits per heavy atom.